The number of benzene rings is 1. The Labute approximate surface area is 224 Å². The molecular weight excluding hydrogens is 480 g/mol. The molecule has 2 fully saturated rings. The molecule has 1 aromatic rings. The molecule has 2 aliphatic rings. The van der Waals surface area contributed by atoms with Crippen molar-refractivity contribution in [3.8, 4) is 0 Å². The van der Waals surface area contributed by atoms with Gasteiger partial charge >= 0.3 is 0 Å². The second-order valence-corrected chi connectivity index (χ2v) is 21.7. The minimum atomic E-state index is -3.31. The maximum atomic E-state index is 13.6. The highest BCUT2D eigenvalue weighted by Crippen LogP contribution is 2.60. The molecule has 5 atom stereocenters. The monoisotopic (exact) mass is 534 g/mol. The van der Waals surface area contributed by atoms with Crippen LogP contribution in [0.5, 0.6) is 0 Å². The van der Waals surface area contributed by atoms with Crippen molar-refractivity contribution in [2.45, 2.75) is 129 Å². The van der Waals surface area contributed by atoms with Crippen LogP contribution in [0.25, 0.3) is 0 Å². The Morgan fingerprint density at radius 3 is 2.25 bits per heavy atom. The summed E-state index contributed by atoms with van der Waals surface area (Å²) in [5.41, 5.74) is 0.446. The molecule has 0 aromatic heterocycles. The number of sulfone groups is 1. The van der Waals surface area contributed by atoms with Crippen molar-refractivity contribution in [2.75, 3.05) is 5.75 Å². The first-order valence-electron chi connectivity index (χ1n) is 14.4. The van der Waals surface area contributed by atoms with Gasteiger partial charge in [-0.15, -0.1) is 0 Å². The van der Waals surface area contributed by atoms with Gasteiger partial charge in [-0.05, 0) is 97.4 Å². The Balaban J connectivity index is 1.86. The number of hydrogen-bond donors (Lipinski definition) is 0. The molecule has 3 rings (SSSR count). The highest BCUT2D eigenvalue weighted by molar-refractivity contribution is 7.91. The van der Waals surface area contributed by atoms with Gasteiger partial charge in [-0.2, -0.15) is 0 Å². The Kier molecular flexibility index (Phi) is 9.01. The van der Waals surface area contributed by atoms with Crippen LogP contribution in [0.4, 0.5) is 0 Å². The number of hydrogen-bond acceptors (Lipinski definition) is 3. The van der Waals surface area contributed by atoms with Crippen molar-refractivity contribution in [3.63, 3.8) is 0 Å². The van der Waals surface area contributed by atoms with E-state index < -0.39 is 18.2 Å². The highest BCUT2D eigenvalue weighted by atomic mass is 32.2. The van der Waals surface area contributed by atoms with Crippen LogP contribution < -0.4 is 0 Å². The molecule has 0 bridgehead atoms. The molecular formula is C31H54O3SSi. The van der Waals surface area contributed by atoms with Crippen LogP contribution in [0, 0.1) is 28.6 Å². The van der Waals surface area contributed by atoms with E-state index in [0.29, 0.717) is 22.8 Å². The molecule has 5 heteroatoms. The van der Waals surface area contributed by atoms with Crippen molar-refractivity contribution < 1.29 is 12.8 Å². The van der Waals surface area contributed by atoms with E-state index in [1.807, 2.05) is 18.2 Å². The molecule has 1 aromatic carbocycles. The second kappa shape index (κ2) is 10.8. The molecule has 0 spiro atoms. The number of fused-ring (bicyclic) bond motifs is 1. The zero-order chi connectivity index (χ0) is 27.0. The summed E-state index contributed by atoms with van der Waals surface area (Å²) in [6.07, 6.45) is 9.46. The van der Waals surface area contributed by atoms with Gasteiger partial charge < -0.3 is 4.43 Å². The molecule has 0 heterocycles. The standard InChI is InChI=1S/C31H54O3SSi/c1-29(2,3)21-13-15-24(23-35(32,33)25-16-11-10-12-17-25)26-19-20-27-28(18-14-22-31(26,27)7)34-36(8,9)30(4,5)6/h10-12,16-17,24,26-28H,13-15,18-23H2,1-9H3/t24-,26?,27?,28-,31+/m0/s1. The van der Waals surface area contributed by atoms with Gasteiger partial charge in [0, 0.05) is 6.10 Å². The van der Waals surface area contributed by atoms with Crippen molar-refractivity contribution in [1.82, 2.24) is 0 Å². The Bertz CT molecular complexity index is 958. The Morgan fingerprint density at radius 1 is 1.03 bits per heavy atom. The lowest BCUT2D eigenvalue weighted by atomic mass is 9.61. The predicted octanol–water partition coefficient (Wildman–Crippen LogP) is 8.90. The Hall–Kier alpha value is -0.653. The lowest BCUT2D eigenvalue weighted by molar-refractivity contribution is -0.0210. The fourth-order valence-corrected chi connectivity index (χ4v) is 10.1. The van der Waals surface area contributed by atoms with Crippen LogP contribution in [-0.2, 0) is 14.3 Å². The van der Waals surface area contributed by atoms with E-state index in [1.165, 1.54) is 19.3 Å². The second-order valence-electron chi connectivity index (χ2n) is 14.9. The smallest absolute Gasteiger partial charge is 0.192 e. The molecule has 2 aliphatic carbocycles. The zero-order valence-electron chi connectivity index (χ0n) is 24.7. The molecule has 2 saturated carbocycles. The highest BCUT2D eigenvalue weighted by Gasteiger charge is 2.55. The van der Waals surface area contributed by atoms with Gasteiger partial charge in [0.2, 0.25) is 0 Å². The summed E-state index contributed by atoms with van der Waals surface area (Å²) in [7, 11) is -5.17. The molecule has 0 amide bonds. The lowest BCUT2D eigenvalue weighted by Gasteiger charge is -2.50. The third-order valence-electron chi connectivity index (χ3n) is 9.99. The maximum absolute atomic E-state index is 13.6. The first-order chi connectivity index (χ1) is 16.5. The van der Waals surface area contributed by atoms with Crippen LogP contribution >= 0.6 is 0 Å². The summed E-state index contributed by atoms with van der Waals surface area (Å²) in [5.74, 6) is 1.49. The average Bonchev–Trinajstić information content (AvgIpc) is 3.09. The van der Waals surface area contributed by atoms with Gasteiger partial charge in [-0.1, -0.05) is 79.5 Å². The van der Waals surface area contributed by atoms with Gasteiger partial charge in [-0.3, -0.25) is 0 Å². The van der Waals surface area contributed by atoms with E-state index in [0.717, 1.165) is 32.1 Å². The van der Waals surface area contributed by atoms with Gasteiger partial charge in [0.25, 0.3) is 0 Å². The molecule has 0 radical (unpaired) electrons. The molecule has 2 unspecified atom stereocenters. The van der Waals surface area contributed by atoms with Crippen LogP contribution in [0.3, 0.4) is 0 Å². The summed E-state index contributed by atoms with van der Waals surface area (Å²) >= 11 is 0. The molecule has 206 valence electrons. The minimum absolute atomic E-state index is 0.171. The first kappa shape index (κ1) is 29.9. The van der Waals surface area contributed by atoms with Crippen LogP contribution in [0.2, 0.25) is 18.1 Å². The predicted molar refractivity (Wildman–Crippen MR) is 156 cm³/mol. The topological polar surface area (TPSA) is 43.4 Å². The largest absolute Gasteiger partial charge is 0.414 e. The SMILES string of the molecule is CC(C)(C)CCC[C@@H](CS(=O)(=O)c1ccccc1)C1CCC2[C@@H](O[Si](C)(C)C(C)(C)C)CCC[C@]12C. The van der Waals surface area contributed by atoms with Gasteiger partial charge in [-0.25, -0.2) is 8.42 Å². The summed E-state index contributed by atoms with van der Waals surface area (Å²) in [5, 5.41) is 0.206. The summed E-state index contributed by atoms with van der Waals surface area (Å²) < 4.78 is 34.2. The van der Waals surface area contributed by atoms with E-state index in [1.54, 1.807) is 12.1 Å². The average molecular weight is 535 g/mol. The molecule has 3 nitrogen and oxygen atoms in total. The molecule has 0 saturated heterocycles. The van der Waals surface area contributed by atoms with Crippen molar-refractivity contribution >= 4 is 18.2 Å². The lowest BCUT2D eigenvalue weighted by Crippen LogP contribution is -2.50. The van der Waals surface area contributed by atoms with Gasteiger partial charge in [0.15, 0.2) is 18.2 Å². The Morgan fingerprint density at radius 2 is 1.67 bits per heavy atom. The third kappa shape index (κ3) is 6.85. The van der Waals surface area contributed by atoms with E-state index >= 15 is 0 Å². The van der Waals surface area contributed by atoms with E-state index in [9.17, 15) is 8.42 Å². The minimum Gasteiger partial charge on any atom is -0.414 e. The fraction of sp³-hybridized carbons (Fsp3) is 0.806. The maximum Gasteiger partial charge on any atom is 0.192 e. The van der Waals surface area contributed by atoms with E-state index in [2.05, 4.69) is 61.6 Å². The fourth-order valence-electron chi connectivity index (χ4n) is 6.93. The van der Waals surface area contributed by atoms with Gasteiger partial charge in [0.05, 0.1) is 10.6 Å². The van der Waals surface area contributed by atoms with E-state index in [4.69, 9.17) is 4.43 Å². The third-order valence-corrected chi connectivity index (χ3v) is 16.4. The summed E-state index contributed by atoms with van der Waals surface area (Å²) in [6.45, 7) is 21.1. The zero-order valence-corrected chi connectivity index (χ0v) is 26.5. The summed E-state index contributed by atoms with van der Waals surface area (Å²) in [4.78, 5) is 0.480. The van der Waals surface area contributed by atoms with Crippen LogP contribution in [-0.4, -0.2) is 28.6 Å². The summed E-state index contributed by atoms with van der Waals surface area (Å²) in [6, 6.07) is 9.12. The van der Waals surface area contributed by atoms with Crippen molar-refractivity contribution in [1.29, 1.82) is 0 Å². The first-order valence-corrected chi connectivity index (χ1v) is 19.0. The quantitative estimate of drug-likeness (QED) is 0.297. The normalized spacial score (nSPS) is 28.6. The van der Waals surface area contributed by atoms with E-state index in [-0.39, 0.29) is 27.5 Å². The molecule has 0 aliphatic heterocycles. The van der Waals surface area contributed by atoms with Gasteiger partial charge in [0.1, 0.15) is 0 Å². The van der Waals surface area contributed by atoms with Crippen LogP contribution in [0.1, 0.15) is 99.8 Å². The van der Waals surface area contributed by atoms with Crippen molar-refractivity contribution in [2.24, 2.45) is 28.6 Å². The molecule has 0 N–H and O–H groups in total. The number of rotatable bonds is 9. The molecule has 36 heavy (non-hydrogen) atoms. The van der Waals surface area contributed by atoms with Crippen LogP contribution in [0.15, 0.2) is 35.2 Å². The van der Waals surface area contributed by atoms with Crippen molar-refractivity contribution in [3.05, 3.63) is 30.3 Å².